The van der Waals surface area contributed by atoms with E-state index in [9.17, 15) is 8.78 Å². The number of aromatic nitrogens is 3. The quantitative estimate of drug-likeness (QED) is 0.713. The summed E-state index contributed by atoms with van der Waals surface area (Å²) in [6, 6.07) is 9.21. The molecule has 0 bridgehead atoms. The van der Waals surface area contributed by atoms with Gasteiger partial charge in [-0.1, -0.05) is 17.8 Å². The third-order valence-electron chi connectivity index (χ3n) is 3.38. The summed E-state index contributed by atoms with van der Waals surface area (Å²) in [5, 5.41) is 11.6. The minimum absolute atomic E-state index is 0.0311. The van der Waals surface area contributed by atoms with Gasteiger partial charge in [-0.2, -0.15) is 8.78 Å². The lowest BCUT2D eigenvalue weighted by atomic mass is 10.3. The van der Waals surface area contributed by atoms with E-state index in [2.05, 4.69) is 15.5 Å². The highest BCUT2D eigenvalue weighted by atomic mass is 32.2. The van der Waals surface area contributed by atoms with Crippen molar-refractivity contribution in [3.63, 3.8) is 0 Å². The van der Waals surface area contributed by atoms with Crippen molar-refractivity contribution >= 4 is 17.4 Å². The third kappa shape index (κ3) is 3.89. The molecule has 3 heterocycles. The predicted molar refractivity (Wildman–Crippen MR) is 84.2 cm³/mol. The summed E-state index contributed by atoms with van der Waals surface area (Å²) in [5.74, 6) is -0.158. The lowest BCUT2D eigenvalue weighted by Gasteiger charge is -2.11. The number of nitrogens with one attached hydrogen (secondary N) is 1. The second-order valence-electron chi connectivity index (χ2n) is 5.03. The van der Waals surface area contributed by atoms with Crippen molar-refractivity contribution in [1.29, 1.82) is 0 Å². The van der Waals surface area contributed by atoms with Crippen molar-refractivity contribution in [3.8, 4) is 0 Å². The molecule has 0 amide bonds. The summed E-state index contributed by atoms with van der Waals surface area (Å²) in [7, 11) is 0. The van der Waals surface area contributed by atoms with Crippen LogP contribution in [0.2, 0.25) is 0 Å². The molecule has 0 aliphatic heterocycles. The molecule has 23 heavy (non-hydrogen) atoms. The molecule has 0 aliphatic rings. The van der Waals surface area contributed by atoms with Crippen LogP contribution in [-0.2, 0) is 12.3 Å². The Bertz CT molecular complexity index is 774. The first-order chi connectivity index (χ1) is 11.1. The van der Waals surface area contributed by atoms with Gasteiger partial charge in [-0.05, 0) is 31.2 Å². The van der Waals surface area contributed by atoms with Crippen molar-refractivity contribution in [2.75, 3.05) is 0 Å². The Balaban J connectivity index is 1.59. The molecule has 0 radical (unpaired) electrons. The third-order valence-corrected chi connectivity index (χ3v) is 4.08. The van der Waals surface area contributed by atoms with Gasteiger partial charge in [-0.25, -0.2) is 0 Å². The highest BCUT2D eigenvalue weighted by Gasteiger charge is 2.13. The second kappa shape index (κ2) is 7.10. The number of halogens is 2. The Hall–Kier alpha value is -1.93. The van der Waals surface area contributed by atoms with Gasteiger partial charge in [0.25, 0.3) is 5.76 Å². The first-order valence-corrected chi connectivity index (χ1v) is 8.19. The molecule has 3 aromatic heterocycles. The first-order valence-electron chi connectivity index (χ1n) is 7.14. The largest absolute Gasteiger partial charge is 0.464 e. The standard InChI is InChI=1S/C15H16F2N4OS/c1-10(14-20-19-13-4-2-3-7-21(13)14)18-8-11-5-6-12(22-11)9-23-15(16)17/h2-7,10,15,18H,8-9H2,1H3. The van der Waals surface area contributed by atoms with Gasteiger partial charge in [-0.15, -0.1) is 10.2 Å². The number of rotatable bonds is 7. The molecular weight excluding hydrogens is 322 g/mol. The fraction of sp³-hybridized carbons (Fsp3) is 0.333. The molecule has 1 N–H and O–H groups in total. The van der Waals surface area contributed by atoms with Crippen molar-refractivity contribution < 1.29 is 13.2 Å². The van der Waals surface area contributed by atoms with Crippen molar-refractivity contribution in [1.82, 2.24) is 19.9 Å². The molecule has 0 aromatic carbocycles. The summed E-state index contributed by atoms with van der Waals surface area (Å²) in [4.78, 5) is 0. The molecule has 0 saturated carbocycles. The lowest BCUT2D eigenvalue weighted by molar-refractivity contribution is 0.251. The number of thioether (sulfide) groups is 1. The van der Waals surface area contributed by atoms with Crippen LogP contribution in [0, 0.1) is 0 Å². The molecule has 1 atom stereocenters. The Morgan fingerprint density at radius 2 is 2.04 bits per heavy atom. The summed E-state index contributed by atoms with van der Waals surface area (Å²) >= 11 is 0.552. The molecule has 122 valence electrons. The summed E-state index contributed by atoms with van der Waals surface area (Å²) < 4.78 is 31.8. The van der Waals surface area contributed by atoms with E-state index in [0.29, 0.717) is 29.8 Å². The van der Waals surface area contributed by atoms with Gasteiger partial charge < -0.3 is 9.73 Å². The maximum absolute atomic E-state index is 12.2. The van der Waals surface area contributed by atoms with E-state index < -0.39 is 5.76 Å². The van der Waals surface area contributed by atoms with Gasteiger partial charge in [-0.3, -0.25) is 4.40 Å². The molecule has 5 nitrogen and oxygen atoms in total. The molecule has 8 heteroatoms. The van der Waals surface area contributed by atoms with E-state index in [1.165, 1.54) is 0 Å². The topological polar surface area (TPSA) is 55.4 Å². The molecule has 3 aromatic rings. The van der Waals surface area contributed by atoms with Gasteiger partial charge >= 0.3 is 0 Å². The number of hydrogen-bond donors (Lipinski definition) is 1. The van der Waals surface area contributed by atoms with Crippen LogP contribution in [0.15, 0.2) is 40.9 Å². The minimum Gasteiger partial charge on any atom is -0.464 e. The van der Waals surface area contributed by atoms with Crippen molar-refractivity contribution in [2.24, 2.45) is 0 Å². The number of furan rings is 1. The van der Waals surface area contributed by atoms with Crippen LogP contribution in [0.5, 0.6) is 0 Å². The number of nitrogens with zero attached hydrogens (tertiary/aromatic N) is 3. The zero-order chi connectivity index (χ0) is 16.2. The first kappa shape index (κ1) is 15.9. The summed E-state index contributed by atoms with van der Waals surface area (Å²) in [5.41, 5.74) is 0.792. The highest BCUT2D eigenvalue weighted by molar-refractivity contribution is 7.98. The normalized spacial score (nSPS) is 13.0. The smallest absolute Gasteiger partial charge is 0.284 e. The maximum Gasteiger partial charge on any atom is 0.284 e. The van der Waals surface area contributed by atoms with E-state index >= 15 is 0 Å². The number of fused-ring (bicyclic) bond motifs is 1. The van der Waals surface area contributed by atoms with Crippen molar-refractivity contribution in [3.05, 3.63) is 53.9 Å². The molecular formula is C15H16F2N4OS. The number of hydrogen-bond acceptors (Lipinski definition) is 5. The average molecular weight is 338 g/mol. The van der Waals surface area contributed by atoms with Crippen LogP contribution in [0.4, 0.5) is 8.78 Å². The summed E-state index contributed by atoms with van der Waals surface area (Å²) in [6.07, 6.45) is 1.91. The Labute approximate surface area is 136 Å². The monoisotopic (exact) mass is 338 g/mol. The zero-order valence-electron chi connectivity index (χ0n) is 12.4. The van der Waals surface area contributed by atoms with E-state index in [1.54, 1.807) is 12.1 Å². The molecule has 0 aliphatic carbocycles. The van der Waals surface area contributed by atoms with Crippen LogP contribution in [0.1, 0.15) is 30.3 Å². The van der Waals surface area contributed by atoms with E-state index in [0.717, 1.165) is 11.5 Å². The number of pyridine rings is 1. The number of alkyl halides is 2. The fourth-order valence-corrected chi connectivity index (χ4v) is 2.69. The van der Waals surface area contributed by atoms with E-state index in [1.807, 2.05) is 35.7 Å². The molecule has 0 spiro atoms. The lowest BCUT2D eigenvalue weighted by Crippen LogP contribution is -2.20. The minimum atomic E-state index is -2.39. The maximum atomic E-state index is 12.2. The zero-order valence-corrected chi connectivity index (χ0v) is 13.3. The van der Waals surface area contributed by atoms with Crippen LogP contribution in [0.3, 0.4) is 0 Å². The predicted octanol–water partition coefficient (Wildman–Crippen LogP) is 3.63. The van der Waals surface area contributed by atoms with Gasteiger partial charge in [0.2, 0.25) is 0 Å². The average Bonchev–Trinajstić information content (AvgIpc) is 3.17. The molecule has 1 unspecified atom stereocenters. The van der Waals surface area contributed by atoms with Crippen LogP contribution < -0.4 is 5.32 Å². The molecule has 0 saturated heterocycles. The highest BCUT2D eigenvalue weighted by Crippen LogP contribution is 2.21. The van der Waals surface area contributed by atoms with Gasteiger partial charge in [0.05, 0.1) is 18.3 Å². The molecule has 3 rings (SSSR count). The Morgan fingerprint density at radius 3 is 2.87 bits per heavy atom. The van der Waals surface area contributed by atoms with Crippen molar-refractivity contribution in [2.45, 2.75) is 31.0 Å². The van der Waals surface area contributed by atoms with Crippen LogP contribution >= 0.6 is 11.8 Å². The fourth-order valence-electron chi connectivity index (χ4n) is 2.24. The van der Waals surface area contributed by atoms with Gasteiger partial charge in [0.15, 0.2) is 11.5 Å². The SMILES string of the molecule is CC(NCc1ccc(CSC(F)F)o1)c1nnc2ccccn12. The second-order valence-corrected chi connectivity index (χ2v) is 6.01. The Kier molecular flexibility index (Phi) is 4.92. The Morgan fingerprint density at radius 1 is 1.22 bits per heavy atom. The molecule has 0 fully saturated rings. The van der Waals surface area contributed by atoms with Gasteiger partial charge in [0.1, 0.15) is 11.5 Å². The van der Waals surface area contributed by atoms with Crippen LogP contribution in [0.25, 0.3) is 5.65 Å². The van der Waals surface area contributed by atoms with Crippen LogP contribution in [-0.4, -0.2) is 20.4 Å². The van der Waals surface area contributed by atoms with E-state index in [-0.39, 0.29) is 11.8 Å². The summed E-state index contributed by atoms with van der Waals surface area (Å²) in [6.45, 7) is 2.47. The van der Waals surface area contributed by atoms with Gasteiger partial charge in [0, 0.05) is 6.20 Å². The van der Waals surface area contributed by atoms with E-state index in [4.69, 9.17) is 4.42 Å².